The van der Waals surface area contributed by atoms with Crippen LogP contribution < -0.4 is 15.8 Å². The van der Waals surface area contributed by atoms with Crippen molar-refractivity contribution in [1.82, 2.24) is 10.1 Å². The van der Waals surface area contributed by atoms with Gasteiger partial charge >= 0.3 is 0 Å². The minimum Gasteiger partial charge on any atom is -0.493 e. The van der Waals surface area contributed by atoms with E-state index in [2.05, 4.69) is 22.4 Å². The molecule has 2 aromatic rings. The van der Waals surface area contributed by atoms with Crippen LogP contribution in [0.2, 0.25) is 0 Å². The summed E-state index contributed by atoms with van der Waals surface area (Å²) in [6.07, 6.45) is 1.66. The first kappa shape index (κ1) is 14.2. The third-order valence-electron chi connectivity index (χ3n) is 2.65. The lowest BCUT2D eigenvalue weighted by atomic mass is 10.2. The van der Waals surface area contributed by atoms with Crippen LogP contribution in [0.3, 0.4) is 0 Å². The molecule has 0 unspecified atom stereocenters. The van der Waals surface area contributed by atoms with Gasteiger partial charge < -0.3 is 20.3 Å². The van der Waals surface area contributed by atoms with E-state index < -0.39 is 0 Å². The first-order valence-corrected chi connectivity index (χ1v) is 6.74. The zero-order valence-electron chi connectivity index (χ0n) is 11.8. The number of nitrogens with two attached hydrogens (primary N) is 1. The highest BCUT2D eigenvalue weighted by atomic mass is 16.5. The lowest BCUT2D eigenvalue weighted by Crippen LogP contribution is -2.07. The summed E-state index contributed by atoms with van der Waals surface area (Å²) in [6.45, 7) is 5.23. The average molecular weight is 276 g/mol. The Morgan fingerprint density at radius 3 is 2.90 bits per heavy atom. The molecule has 0 bridgehead atoms. The molecule has 1 heterocycles. The number of aryl methyl sites for hydroxylation is 1. The van der Waals surface area contributed by atoms with Crippen molar-refractivity contribution in [2.75, 3.05) is 24.2 Å². The van der Waals surface area contributed by atoms with Crippen LogP contribution in [0.5, 0.6) is 5.75 Å². The van der Waals surface area contributed by atoms with Crippen molar-refractivity contribution in [2.24, 2.45) is 0 Å². The number of nitrogens with one attached hydrogen (secondary N) is 1. The summed E-state index contributed by atoms with van der Waals surface area (Å²) in [5.74, 6) is 2.06. The van der Waals surface area contributed by atoms with Gasteiger partial charge in [-0.05, 0) is 12.5 Å². The van der Waals surface area contributed by atoms with Crippen LogP contribution in [0.15, 0.2) is 22.7 Å². The molecule has 20 heavy (non-hydrogen) atoms. The molecule has 6 nitrogen and oxygen atoms in total. The highest BCUT2D eigenvalue weighted by Gasteiger charge is 2.03. The first-order chi connectivity index (χ1) is 9.67. The Balaban J connectivity index is 1.89. The topological polar surface area (TPSA) is 86.2 Å². The second kappa shape index (κ2) is 6.79. The van der Waals surface area contributed by atoms with Crippen LogP contribution in [-0.2, 0) is 6.42 Å². The first-order valence-electron chi connectivity index (χ1n) is 6.74. The van der Waals surface area contributed by atoms with Gasteiger partial charge in [0.1, 0.15) is 5.75 Å². The molecule has 0 radical (unpaired) electrons. The van der Waals surface area contributed by atoms with E-state index >= 15 is 0 Å². The summed E-state index contributed by atoms with van der Waals surface area (Å²) in [6, 6.07) is 5.64. The molecule has 1 aromatic carbocycles. The molecular weight excluding hydrogens is 256 g/mol. The van der Waals surface area contributed by atoms with Gasteiger partial charge in [0.15, 0.2) is 5.82 Å². The van der Waals surface area contributed by atoms with Gasteiger partial charge in [-0.2, -0.15) is 4.98 Å². The molecule has 2 rings (SSSR count). The number of hydrogen-bond acceptors (Lipinski definition) is 6. The molecule has 0 aliphatic heterocycles. The molecule has 0 saturated carbocycles. The zero-order valence-corrected chi connectivity index (χ0v) is 11.8. The zero-order chi connectivity index (χ0) is 14.4. The second-order valence-electron chi connectivity index (χ2n) is 4.55. The van der Waals surface area contributed by atoms with Gasteiger partial charge in [0.05, 0.1) is 6.61 Å². The van der Waals surface area contributed by atoms with Crippen LogP contribution in [0, 0.1) is 6.92 Å². The standard InChI is InChI=1S/C14H20N4O2/c1-3-6-19-13-8-11(15)7-12(9-13)16-5-4-14-17-10(2)20-18-14/h7-9,16H,3-6,15H2,1-2H3. The minimum atomic E-state index is 0.583. The van der Waals surface area contributed by atoms with Crippen LogP contribution >= 0.6 is 0 Å². The molecule has 0 amide bonds. The quantitative estimate of drug-likeness (QED) is 0.755. The van der Waals surface area contributed by atoms with E-state index in [4.69, 9.17) is 15.0 Å². The fourth-order valence-corrected chi connectivity index (χ4v) is 1.79. The SMILES string of the molecule is CCCOc1cc(N)cc(NCCc2noc(C)n2)c1. The smallest absolute Gasteiger partial charge is 0.223 e. The van der Waals surface area contributed by atoms with E-state index in [0.717, 1.165) is 17.9 Å². The lowest BCUT2D eigenvalue weighted by molar-refractivity contribution is 0.318. The summed E-state index contributed by atoms with van der Waals surface area (Å²) in [4.78, 5) is 4.15. The Hall–Kier alpha value is -2.24. The maximum Gasteiger partial charge on any atom is 0.223 e. The molecule has 0 aliphatic rings. The number of nitrogen functional groups attached to an aromatic ring is 1. The van der Waals surface area contributed by atoms with E-state index in [1.54, 1.807) is 6.92 Å². The van der Waals surface area contributed by atoms with E-state index in [9.17, 15) is 0 Å². The largest absolute Gasteiger partial charge is 0.493 e. The van der Waals surface area contributed by atoms with Crippen molar-refractivity contribution in [3.63, 3.8) is 0 Å². The van der Waals surface area contributed by atoms with Crippen molar-refractivity contribution < 1.29 is 9.26 Å². The molecule has 6 heteroatoms. The van der Waals surface area contributed by atoms with E-state index in [1.807, 2.05) is 18.2 Å². The number of benzene rings is 1. The monoisotopic (exact) mass is 276 g/mol. The summed E-state index contributed by atoms with van der Waals surface area (Å²) in [7, 11) is 0. The summed E-state index contributed by atoms with van der Waals surface area (Å²) >= 11 is 0. The van der Waals surface area contributed by atoms with Crippen molar-refractivity contribution in [3.8, 4) is 5.75 Å². The van der Waals surface area contributed by atoms with Gasteiger partial charge in [0.25, 0.3) is 0 Å². The van der Waals surface area contributed by atoms with Crippen molar-refractivity contribution in [2.45, 2.75) is 26.7 Å². The average Bonchev–Trinajstić information content (AvgIpc) is 2.81. The van der Waals surface area contributed by atoms with Gasteiger partial charge in [-0.25, -0.2) is 0 Å². The Morgan fingerprint density at radius 2 is 2.20 bits per heavy atom. The predicted molar refractivity (Wildman–Crippen MR) is 77.9 cm³/mol. The third-order valence-corrected chi connectivity index (χ3v) is 2.65. The molecule has 1 aromatic heterocycles. The van der Waals surface area contributed by atoms with Crippen LogP contribution in [0.1, 0.15) is 25.1 Å². The predicted octanol–water partition coefficient (Wildman–Crippen LogP) is 2.40. The molecule has 108 valence electrons. The van der Waals surface area contributed by atoms with Crippen molar-refractivity contribution in [3.05, 3.63) is 29.9 Å². The highest BCUT2D eigenvalue weighted by Crippen LogP contribution is 2.22. The molecule has 3 N–H and O–H groups in total. The van der Waals surface area contributed by atoms with E-state index in [0.29, 0.717) is 37.0 Å². The molecule has 0 spiro atoms. The minimum absolute atomic E-state index is 0.583. The van der Waals surface area contributed by atoms with E-state index in [-0.39, 0.29) is 0 Å². The van der Waals surface area contributed by atoms with Gasteiger partial charge in [0.2, 0.25) is 5.89 Å². The fourth-order valence-electron chi connectivity index (χ4n) is 1.79. The molecule has 0 saturated heterocycles. The normalized spacial score (nSPS) is 10.5. The van der Waals surface area contributed by atoms with Gasteiger partial charge in [-0.15, -0.1) is 0 Å². The Labute approximate surface area is 118 Å². The van der Waals surface area contributed by atoms with Crippen LogP contribution in [-0.4, -0.2) is 23.3 Å². The molecular formula is C14H20N4O2. The van der Waals surface area contributed by atoms with Crippen LogP contribution in [0.4, 0.5) is 11.4 Å². The molecule has 0 atom stereocenters. The number of aromatic nitrogens is 2. The molecule has 0 aliphatic carbocycles. The lowest BCUT2D eigenvalue weighted by Gasteiger charge is -2.10. The number of rotatable bonds is 7. The summed E-state index contributed by atoms with van der Waals surface area (Å²) in [5.41, 5.74) is 7.46. The fraction of sp³-hybridized carbons (Fsp3) is 0.429. The number of nitrogens with zero attached hydrogens (tertiary/aromatic N) is 2. The number of hydrogen-bond donors (Lipinski definition) is 2. The number of anilines is 2. The summed E-state index contributed by atoms with van der Waals surface area (Å²) < 4.78 is 10.5. The highest BCUT2D eigenvalue weighted by molar-refractivity contribution is 5.59. The van der Waals surface area contributed by atoms with Crippen LogP contribution in [0.25, 0.3) is 0 Å². The summed E-state index contributed by atoms with van der Waals surface area (Å²) in [5, 5.41) is 7.13. The Bertz CT molecular complexity index is 554. The Kier molecular flexibility index (Phi) is 4.81. The maximum atomic E-state index is 5.86. The molecule has 0 fully saturated rings. The van der Waals surface area contributed by atoms with Gasteiger partial charge in [-0.1, -0.05) is 12.1 Å². The van der Waals surface area contributed by atoms with E-state index in [1.165, 1.54) is 0 Å². The van der Waals surface area contributed by atoms with Gasteiger partial charge in [0, 0.05) is 43.4 Å². The third kappa shape index (κ3) is 4.15. The van der Waals surface area contributed by atoms with Crippen molar-refractivity contribution >= 4 is 11.4 Å². The second-order valence-corrected chi connectivity index (χ2v) is 4.55. The van der Waals surface area contributed by atoms with Crippen molar-refractivity contribution in [1.29, 1.82) is 0 Å². The Morgan fingerprint density at radius 1 is 1.35 bits per heavy atom. The number of ether oxygens (including phenoxy) is 1. The van der Waals surface area contributed by atoms with Gasteiger partial charge in [-0.3, -0.25) is 0 Å². The maximum absolute atomic E-state index is 5.86.